The molecule has 3 aromatic rings. The van der Waals surface area contributed by atoms with Crippen molar-refractivity contribution in [2.45, 2.75) is 26.3 Å². The summed E-state index contributed by atoms with van der Waals surface area (Å²) in [5.41, 5.74) is 8.03. The van der Waals surface area contributed by atoms with Gasteiger partial charge in [0.1, 0.15) is 0 Å². The van der Waals surface area contributed by atoms with Crippen LogP contribution in [0, 0.1) is 10.1 Å². The molecule has 45 heavy (non-hydrogen) atoms. The van der Waals surface area contributed by atoms with Crippen molar-refractivity contribution in [2.24, 2.45) is 5.73 Å². The van der Waals surface area contributed by atoms with E-state index in [1.54, 1.807) is 12.1 Å². The number of amides is 1. The van der Waals surface area contributed by atoms with Gasteiger partial charge in [-0.2, -0.15) is 15.0 Å². The van der Waals surface area contributed by atoms with Gasteiger partial charge in [-0.25, -0.2) is 0 Å². The summed E-state index contributed by atoms with van der Waals surface area (Å²) in [7, 11) is 0. The number of aromatic nitrogens is 3. The number of carbonyl (C=O) groups excluding carboxylic acids is 1. The summed E-state index contributed by atoms with van der Waals surface area (Å²) < 4.78 is 10.7. The molecule has 4 rings (SSSR count). The highest BCUT2D eigenvalue weighted by molar-refractivity contribution is 5.78. The summed E-state index contributed by atoms with van der Waals surface area (Å²) in [6.07, 6.45) is 0.254. The first-order valence-corrected chi connectivity index (χ1v) is 15.1. The molecular weight excluding hydrogens is 580 g/mol. The fourth-order valence-electron chi connectivity index (χ4n) is 4.59. The molecule has 15 heteroatoms. The van der Waals surface area contributed by atoms with Gasteiger partial charge in [0.25, 0.3) is 5.69 Å². The van der Waals surface area contributed by atoms with Crippen molar-refractivity contribution >= 4 is 40.8 Å². The first-order chi connectivity index (χ1) is 21.8. The average molecular weight is 623 g/mol. The van der Waals surface area contributed by atoms with Crippen molar-refractivity contribution in [3.05, 3.63) is 64.2 Å². The second-order valence-corrected chi connectivity index (χ2v) is 10.7. The van der Waals surface area contributed by atoms with Gasteiger partial charge in [0, 0.05) is 68.8 Å². The summed E-state index contributed by atoms with van der Waals surface area (Å²) in [6.45, 7) is 9.58. The first kappa shape index (κ1) is 33.3. The van der Waals surface area contributed by atoms with E-state index in [1.807, 2.05) is 38.1 Å². The van der Waals surface area contributed by atoms with Crippen molar-refractivity contribution in [2.75, 3.05) is 86.1 Å². The standard InChI is InChI=1S/C30H42N10O5/c1-22(2)33-28-35-29(34-24-5-3-23(4-6-24)21-27(41)32-12-18-45-20-19-44-17-11-31)37-30(36-28)39-15-13-38(14-16-39)25-7-9-26(10-8-25)40(42)43/h3-10,22H,11-21,31H2,1-2H3,(H,32,41)(H2,33,34,35,36,37). The quantitative estimate of drug-likeness (QED) is 0.0977. The molecule has 2 heterocycles. The van der Waals surface area contributed by atoms with Crippen LogP contribution in [0.2, 0.25) is 0 Å². The van der Waals surface area contributed by atoms with Gasteiger partial charge in [-0.15, -0.1) is 0 Å². The minimum atomic E-state index is -0.395. The van der Waals surface area contributed by atoms with Crippen LogP contribution in [0.4, 0.5) is 34.9 Å². The third kappa shape index (κ3) is 10.8. The molecule has 15 nitrogen and oxygen atoms in total. The van der Waals surface area contributed by atoms with Crippen LogP contribution in [0.5, 0.6) is 0 Å². The van der Waals surface area contributed by atoms with Gasteiger partial charge in [-0.1, -0.05) is 12.1 Å². The van der Waals surface area contributed by atoms with Crippen LogP contribution in [0.3, 0.4) is 0 Å². The van der Waals surface area contributed by atoms with Gasteiger partial charge in [0.2, 0.25) is 23.8 Å². The summed E-state index contributed by atoms with van der Waals surface area (Å²) in [6, 6.07) is 14.3. The number of anilines is 5. The molecule has 0 unspecified atom stereocenters. The van der Waals surface area contributed by atoms with Crippen LogP contribution in [-0.2, 0) is 20.7 Å². The topological polar surface area (TPSA) is 186 Å². The Morgan fingerprint density at radius 3 is 2.20 bits per heavy atom. The highest BCUT2D eigenvalue weighted by Crippen LogP contribution is 2.23. The van der Waals surface area contributed by atoms with E-state index in [2.05, 4.69) is 35.7 Å². The number of carbonyl (C=O) groups is 1. The van der Waals surface area contributed by atoms with Crippen molar-refractivity contribution in [1.29, 1.82) is 0 Å². The van der Waals surface area contributed by atoms with Gasteiger partial charge in [-0.05, 0) is 43.7 Å². The molecular formula is C30H42N10O5. The Labute approximate surface area is 262 Å². The summed E-state index contributed by atoms with van der Waals surface area (Å²) >= 11 is 0. The third-order valence-electron chi connectivity index (χ3n) is 6.81. The zero-order valence-corrected chi connectivity index (χ0v) is 25.8. The Hall–Kier alpha value is -4.60. The number of nitro groups is 1. The lowest BCUT2D eigenvalue weighted by Crippen LogP contribution is -2.47. The van der Waals surface area contributed by atoms with Gasteiger partial charge >= 0.3 is 0 Å². The maximum absolute atomic E-state index is 12.3. The Morgan fingerprint density at radius 2 is 1.56 bits per heavy atom. The van der Waals surface area contributed by atoms with E-state index < -0.39 is 4.92 Å². The average Bonchev–Trinajstić information content (AvgIpc) is 3.03. The van der Waals surface area contributed by atoms with E-state index >= 15 is 0 Å². The SMILES string of the molecule is CC(C)Nc1nc(Nc2ccc(CC(=O)NCCOCCOCCN)cc2)nc(N2CCN(c3ccc([N+](=O)[O-])cc3)CC2)n1. The van der Waals surface area contributed by atoms with E-state index in [9.17, 15) is 14.9 Å². The number of non-ortho nitro benzene ring substituents is 1. The van der Waals surface area contributed by atoms with Gasteiger partial charge in [0.05, 0.1) is 37.8 Å². The van der Waals surface area contributed by atoms with E-state index in [0.717, 1.165) is 16.9 Å². The minimum absolute atomic E-state index is 0.0753. The number of ether oxygens (including phenoxy) is 2. The van der Waals surface area contributed by atoms with Crippen molar-refractivity contribution in [3.63, 3.8) is 0 Å². The van der Waals surface area contributed by atoms with Crippen molar-refractivity contribution < 1.29 is 19.2 Å². The summed E-state index contributed by atoms with van der Waals surface area (Å²) in [5.74, 6) is 1.34. The molecule has 1 aromatic heterocycles. The van der Waals surface area contributed by atoms with Crippen LogP contribution in [0.15, 0.2) is 48.5 Å². The zero-order chi connectivity index (χ0) is 32.0. The maximum Gasteiger partial charge on any atom is 0.269 e. The lowest BCUT2D eigenvalue weighted by Gasteiger charge is -2.36. The second-order valence-electron chi connectivity index (χ2n) is 10.7. The van der Waals surface area contributed by atoms with Gasteiger partial charge in [-0.3, -0.25) is 14.9 Å². The van der Waals surface area contributed by atoms with Crippen LogP contribution in [-0.4, -0.2) is 97.5 Å². The normalized spacial score (nSPS) is 13.2. The largest absolute Gasteiger partial charge is 0.378 e. The highest BCUT2D eigenvalue weighted by Gasteiger charge is 2.22. The predicted octanol–water partition coefficient (Wildman–Crippen LogP) is 2.32. The summed E-state index contributed by atoms with van der Waals surface area (Å²) in [5, 5.41) is 20.4. The number of hydrogen-bond donors (Lipinski definition) is 4. The van der Waals surface area contributed by atoms with Crippen molar-refractivity contribution in [3.8, 4) is 0 Å². The van der Waals surface area contributed by atoms with Crippen LogP contribution in [0.25, 0.3) is 0 Å². The molecule has 1 fully saturated rings. The molecule has 1 saturated heterocycles. The molecule has 0 aliphatic carbocycles. The van der Waals surface area contributed by atoms with Gasteiger partial charge < -0.3 is 41.0 Å². The number of hydrogen-bond acceptors (Lipinski definition) is 13. The lowest BCUT2D eigenvalue weighted by molar-refractivity contribution is -0.384. The maximum atomic E-state index is 12.3. The van der Waals surface area contributed by atoms with Crippen LogP contribution >= 0.6 is 0 Å². The molecule has 0 atom stereocenters. The molecule has 1 aliphatic heterocycles. The van der Waals surface area contributed by atoms with Crippen molar-refractivity contribution in [1.82, 2.24) is 20.3 Å². The van der Waals surface area contributed by atoms with E-state index in [4.69, 9.17) is 20.2 Å². The number of nitro benzene ring substituents is 1. The molecule has 0 saturated carbocycles. The minimum Gasteiger partial charge on any atom is -0.378 e. The Kier molecular flexibility index (Phi) is 12.6. The number of rotatable bonds is 17. The predicted molar refractivity (Wildman–Crippen MR) is 173 cm³/mol. The number of benzene rings is 2. The number of nitrogens with one attached hydrogen (secondary N) is 3. The lowest BCUT2D eigenvalue weighted by atomic mass is 10.1. The molecule has 2 aromatic carbocycles. The highest BCUT2D eigenvalue weighted by atomic mass is 16.6. The number of piperazine rings is 1. The summed E-state index contributed by atoms with van der Waals surface area (Å²) in [4.78, 5) is 41.1. The zero-order valence-electron chi connectivity index (χ0n) is 25.8. The first-order valence-electron chi connectivity index (χ1n) is 15.1. The van der Waals surface area contributed by atoms with E-state index in [0.29, 0.717) is 83.5 Å². The fraction of sp³-hybridized carbons (Fsp3) is 0.467. The molecule has 0 bridgehead atoms. The smallest absolute Gasteiger partial charge is 0.269 e. The van der Waals surface area contributed by atoms with Crippen LogP contribution in [0.1, 0.15) is 19.4 Å². The monoisotopic (exact) mass is 622 g/mol. The van der Waals surface area contributed by atoms with E-state index in [1.165, 1.54) is 12.1 Å². The Morgan fingerprint density at radius 1 is 0.911 bits per heavy atom. The number of nitrogens with zero attached hydrogens (tertiary/aromatic N) is 6. The Bertz CT molecular complexity index is 1370. The van der Waals surface area contributed by atoms with E-state index in [-0.39, 0.29) is 24.1 Å². The number of nitrogens with two attached hydrogens (primary N) is 1. The van der Waals surface area contributed by atoms with Crippen LogP contribution < -0.4 is 31.5 Å². The molecule has 1 amide bonds. The molecule has 0 spiro atoms. The molecule has 5 N–H and O–H groups in total. The van der Waals surface area contributed by atoms with Gasteiger partial charge in [0.15, 0.2) is 0 Å². The third-order valence-corrected chi connectivity index (χ3v) is 6.81. The molecule has 0 radical (unpaired) electrons. The molecule has 242 valence electrons. The fourth-order valence-corrected chi connectivity index (χ4v) is 4.59. The Balaban J connectivity index is 1.30. The molecule has 1 aliphatic rings. The second kappa shape index (κ2) is 17.0.